The monoisotopic (exact) mass is 703 g/mol. The molecule has 0 aliphatic carbocycles. The van der Waals surface area contributed by atoms with Crippen LogP contribution in [-0.2, 0) is 32.6 Å². The van der Waals surface area contributed by atoms with E-state index in [1.54, 1.807) is 10.6 Å². The summed E-state index contributed by atoms with van der Waals surface area (Å²) in [7, 11) is -4.84. The van der Waals surface area contributed by atoms with Crippen molar-refractivity contribution < 1.29 is 46.5 Å². The van der Waals surface area contributed by atoms with Crippen LogP contribution in [0.1, 0.15) is 79.7 Å². The quantitative estimate of drug-likeness (QED) is 0.143. The third kappa shape index (κ3) is 7.49. The van der Waals surface area contributed by atoms with E-state index in [1.807, 2.05) is 6.92 Å². The van der Waals surface area contributed by atoms with E-state index < -0.39 is 32.7 Å². The third-order valence-electron chi connectivity index (χ3n) is 9.20. The second kappa shape index (κ2) is 14.3. The molecule has 4 aromatic rings. The van der Waals surface area contributed by atoms with Crippen LogP contribution >= 0.6 is 0 Å². The number of piperidine rings is 1. The van der Waals surface area contributed by atoms with Crippen LogP contribution in [0.2, 0.25) is 0 Å². The maximum Gasteiger partial charge on any atom is 0.333 e. The van der Waals surface area contributed by atoms with E-state index in [0.717, 1.165) is 50.0 Å². The van der Waals surface area contributed by atoms with Gasteiger partial charge in [0.05, 0.1) is 5.69 Å². The summed E-state index contributed by atoms with van der Waals surface area (Å²) in [4.78, 5) is 36.7. The van der Waals surface area contributed by atoms with Gasteiger partial charge in [-0.15, -0.1) is 4.73 Å². The van der Waals surface area contributed by atoms with Crippen molar-refractivity contribution in [2.45, 2.75) is 81.8 Å². The van der Waals surface area contributed by atoms with Crippen LogP contribution < -0.4 is 10.4 Å². The van der Waals surface area contributed by atoms with Crippen LogP contribution in [0.15, 0.2) is 38.5 Å². The maximum absolute atomic E-state index is 13.6. The largest absolute Gasteiger partial charge is 0.492 e. The van der Waals surface area contributed by atoms with E-state index in [0.29, 0.717) is 61.0 Å². The lowest BCUT2D eigenvalue weighted by molar-refractivity contribution is -0.145. The highest BCUT2D eigenvalue weighted by Crippen LogP contribution is 2.33. The van der Waals surface area contributed by atoms with Gasteiger partial charge < -0.3 is 29.2 Å². The lowest BCUT2D eigenvalue weighted by atomic mass is 9.91. The van der Waals surface area contributed by atoms with Crippen LogP contribution in [0.3, 0.4) is 0 Å². The van der Waals surface area contributed by atoms with Crippen molar-refractivity contribution in [2.24, 2.45) is 0 Å². The van der Waals surface area contributed by atoms with E-state index >= 15 is 0 Å². The van der Waals surface area contributed by atoms with Crippen molar-refractivity contribution >= 4 is 27.1 Å². The van der Waals surface area contributed by atoms with Gasteiger partial charge in [-0.1, -0.05) is 5.16 Å². The first-order valence-electron chi connectivity index (χ1n) is 16.2. The fourth-order valence-corrected chi connectivity index (χ4v) is 7.16. The first-order valence-corrected chi connectivity index (χ1v) is 17.7. The summed E-state index contributed by atoms with van der Waals surface area (Å²) in [6, 6.07) is 5.05. The molecule has 17 heteroatoms. The molecule has 0 radical (unpaired) electrons. The van der Waals surface area contributed by atoms with Crippen molar-refractivity contribution in [1.29, 1.82) is 0 Å². The average molecular weight is 704 g/mol. The maximum atomic E-state index is 13.6. The van der Waals surface area contributed by atoms with Crippen molar-refractivity contribution in [3.05, 3.63) is 63.2 Å². The molecule has 0 saturated carbocycles. The molecule has 1 saturated heterocycles. The Labute approximate surface area is 280 Å². The van der Waals surface area contributed by atoms with Gasteiger partial charge in [-0.2, -0.15) is 8.42 Å². The van der Waals surface area contributed by atoms with E-state index in [4.69, 9.17) is 23.6 Å². The molecule has 0 spiro atoms. The predicted molar refractivity (Wildman–Crippen MR) is 170 cm³/mol. The summed E-state index contributed by atoms with van der Waals surface area (Å²) in [5.74, 6) is -2.40. The third-order valence-corrected chi connectivity index (χ3v) is 10.1. The molecule has 15 nitrogen and oxygen atoms in total. The summed E-state index contributed by atoms with van der Waals surface area (Å²) >= 11 is 0. The molecule has 0 bridgehead atoms. The average Bonchev–Trinajstić information content (AvgIpc) is 3.61. The molecule has 1 unspecified atom stereocenters. The lowest BCUT2D eigenvalue weighted by Crippen LogP contribution is -2.38. The number of nitrogens with zero attached hydrogens (tertiary/aromatic N) is 5. The fraction of sp³-hybridized carbons (Fsp3) is 0.500. The van der Waals surface area contributed by atoms with Gasteiger partial charge in [-0.05, 0) is 77.1 Å². The molecule has 1 fully saturated rings. The Morgan fingerprint density at radius 3 is 2.63 bits per heavy atom. The van der Waals surface area contributed by atoms with Crippen LogP contribution in [0.25, 0.3) is 11.0 Å². The van der Waals surface area contributed by atoms with Gasteiger partial charge in [0.15, 0.2) is 10.5 Å². The molecule has 2 aliphatic heterocycles. The number of aromatic nitrogens is 4. The number of hydrogen-bond acceptors (Lipinski definition) is 12. The molecule has 264 valence electrons. The Morgan fingerprint density at radius 2 is 1.90 bits per heavy atom. The van der Waals surface area contributed by atoms with Crippen LogP contribution in [-0.4, -0.2) is 79.7 Å². The van der Waals surface area contributed by atoms with E-state index in [1.165, 1.54) is 12.1 Å². The molecular weight excluding hydrogens is 665 g/mol. The standard InChI is InChI=1S/C32H38FN5O10S/c1-19-22(11-15-36-13-9-20(10-14-36)29-23-8-7-21(33)17-25(23)47-35-29)31(41)37-12-4-5-24(30(37)34-19)46-16-3-2-6-28(40)48-38-27(39)18-26(32(38)42)49(43,44)45/h7-8,17-18,20,24,39,42H,2-6,9-16H2,1H3,(H,43,44,45). The highest BCUT2D eigenvalue weighted by atomic mass is 32.2. The molecule has 3 N–H and O–H groups in total. The number of rotatable bonds is 12. The molecule has 6 rings (SSSR count). The Kier molecular flexibility index (Phi) is 10.1. The summed E-state index contributed by atoms with van der Waals surface area (Å²) in [5.41, 5.74) is 2.65. The molecule has 0 amide bonds. The minimum atomic E-state index is -4.84. The Bertz CT molecular complexity index is 2020. The Balaban J connectivity index is 0.977. The van der Waals surface area contributed by atoms with Crippen LogP contribution in [0.5, 0.6) is 11.8 Å². The highest BCUT2D eigenvalue weighted by Gasteiger charge is 2.29. The van der Waals surface area contributed by atoms with Crippen molar-refractivity contribution in [3.63, 3.8) is 0 Å². The summed E-state index contributed by atoms with van der Waals surface area (Å²) in [5, 5.41) is 24.7. The minimum Gasteiger partial charge on any atom is -0.492 e. The molecule has 1 aromatic carbocycles. The van der Waals surface area contributed by atoms with Crippen LogP contribution in [0.4, 0.5) is 4.39 Å². The number of likely N-dealkylation sites (tertiary alicyclic amines) is 1. The number of ether oxygens (including phenoxy) is 1. The zero-order valence-corrected chi connectivity index (χ0v) is 27.7. The Morgan fingerprint density at radius 1 is 1.12 bits per heavy atom. The van der Waals surface area contributed by atoms with Crippen molar-refractivity contribution in [3.8, 4) is 11.8 Å². The first-order chi connectivity index (χ1) is 23.4. The molecule has 49 heavy (non-hydrogen) atoms. The number of carbonyl (C=O) groups is 1. The number of fused-ring (bicyclic) bond motifs is 2. The smallest absolute Gasteiger partial charge is 0.333 e. The lowest BCUT2D eigenvalue weighted by Gasteiger charge is -2.31. The normalized spacial score (nSPS) is 17.4. The van der Waals surface area contributed by atoms with Gasteiger partial charge in [0, 0.05) is 60.8 Å². The second-order valence-electron chi connectivity index (χ2n) is 12.4. The number of aryl methyl sites for hydroxylation is 1. The molecule has 1 atom stereocenters. The van der Waals surface area contributed by atoms with Gasteiger partial charge in [0.2, 0.25) is 5.88 Å². The topological polar surface area (TPSA) is 199 Å². The first kappa shape index (κ1) is 34.5. The second-order valence-corrected chi connectivity index (χ2v) is 13.8. The van der Waals surface area contributed by atoms with Crippen molar-refractivity contribution in [2.75, 3.05) is 26.2 Å². The van der Waals surface area contributed by atoms with E-state index in [-0.39, 0.29) is 41.2 Å². The Hall–Kier alpha value is -4.32. The summed E-state index contributed by atoms with van der Waals surface area (Å²) in [6.07, 6.45) is 4.07. The van der Waals surface area contributed by atoms with Crippen molar-refractivity contribution in [1.82, 2.24) is 24.3 Å². The molecule has 2 aliphatic rings. The number of halogens is 1. The number of carbonyl (C=O) groups excluding carboxylic acids is 1. The number of benzene rings is 1. The van der Waals surface area contributed by atoms with E-state index in [2.05, 4.69) is 10.1 Å². The predicted octanol–water partition coefficient (Wildman–Crippen LogP) is 3.39. The number of aromatic hydroxyl groups is 2. The van der Waals surface area contributed by atoms with Gasteiger partial charge in [-0.25, -0.2) is 14.2 Å². The molecule has 5 heterocycles. The van der Waals surface area contributed by atoms with Gasteiger partial charge in [-0.3, -0.25) is 13.9 Å². The fourth-order valence-electron chi connectivity index (χ4n) is 6.59. The van der Waals surface area contributed by atoms with Gasteiger partial charge in [0.25, 0.3) is 21.6 Å². The van der Waals surface area contributed by atoms with Gasteiger partial charge in [0.1, 0.15) is 17.7 Å². The zero-order valence-electron chi connectivity index (χ0n) is 26.9. The van der Waals surface area contributed by atoms with E-state index in [9.17, 15) is 32.6 Å². The molecular formula is C32H38FN5O10S. The van der Waals surface area contributed by atoms with Crippen LogP contribution in [0, 0.1) is 12.7 Å². The molecule has 3 aromatic heterocycles. The minimum absolute atomic E-state index is 0.0524. The summed E-state index contributed by atoms with van der Waals surface area (Å²) in [6.45, 7) is 5.09. The SMILES string of the molecule is Cc1nc2n(c(=O)c1CCN1CCC(c3noc4cc(F)ccc34)CC1)CCCC2OCCCCC(=O)On1c(O)cc(S(=O)(=O)O)c1O. The summed E-state index contributed by atoms with van der Waals surface area (Å²) < 4.78 is 58.5. The van der Waals surface area contributed by atoms with Gasteiger partial charge >= 0.3 is 5.97 Å². The zero-order chi connectivity index (χ0) is 34.9. The number of unbranched alkanes of at least 4 members (excludes halogenated alkanes) is 1. The highest BCUT2D eigenvalue weighted by molar-refractivity contribution is 7.86. The number of hydrogen-bond donors (Lipinski definition) is 3.